The third kappa shape index (κ3) is 1.85. The van der Waals surface area contributed by atoms with Gasteiger partial charge in [0, 0.05) is 18.2 Å². The molecule has 2 aliphatic rings. The molecule has 0 aromatic heterocycles. The number of ketones is 1. The van der Waals surface area contributed by atoms with Gasteiger partial charge in [0.25, 0.3) is 0 Å². The average molecular weight is 250 g/mol. The van der Waals surface area contributed by atoms with Crippen molar-refractivity contribution in [1.82, 2.24) is 0 Å². The van der Waals surface area contributed by atoms with E-state index in [0.717, 1.165) is 18.2 Å². The Morgan fingerprint density at radius 1 is 1.41 bits per heavy atom. The monoisotopic (exact) mass is 249 g/mol. The average Bonchev–Trinajstić information content (AvgIpc) is 2.90. The van der Waals surface area contributed by atoms with Crippen molar-refractivity contribution < 1.29 is 4.79 Å². The van der Waals surface area contributed by atoms with Crippen molar-refractivity contribution in [3.05, 3.63) is 28.8 Å². The Hall–Kier alpha value is -1.02. The van der Waals surface area contributed by atoms with Gasteiger partial charge in [-0.15, -0.1) is 0 Å². The van der Waals surface area contributed by atoms with E-state index < -0.39 is 0 Å². The molecular weight excluding hydrogens is 234 g/mol. The number of piperidine rings is 1. The first-order chi connectivity index (χ1) is 8.15. The second-order valence-electron chi connectivity index (χ2n) is 5.21. The number of fused-ring (bicyclic) bond motifs is 2. The van der Waals surface area contributed by atoms with Crippen LogP contribution in [0.2, 0.25) is 5.02 Å². The number of hydrogen-bond donors (Lipinski definition) is 0. The molecule has 1 aromatic carbocycles. The number of hydrogen-bond acceptors (Lipinski definition) is 2. The highest BCUT2D eigenvalue weighted by Gasteiger charge is 2.38. The molecule has 90 valence electrons. The number of carbonyl (C=O) groups excluding carboxylic acids is 1. The van der Waals surface area contributed by atoms with Crippen LogP contribution in [0.1, 0.15) is 36.5 Å². The molecule has 1 aromatic rings. The highest BCUT2D eigenvalue weighted by molar-refractivity contribution is 6.33. The fourth-order valence-corrected chi connectivity index (χ4v) is 3.47. The van der Waals surface area contributed by atoms with Gasteiger partial charge in [0.2, 0.25) is 0 Å². The Kier molecular flexibility index (Phi) is 2.62. The first kappa shape index (κ1) is 11.1. The van der Waals surface area contributed by atoms with Crippen molar-refractivity contribution in [2.75, 3.05) is 11.4 Å². The smallest absolute Gasteiger partial charge is 0.159 e. The molecule has 2 fully saturated rings. The van der Waals surface area contributed by atoms with Crippen LogP contribution in [-0.4, -0.2) is 18.4 Å². The molecule has 0 N–H and O–H groups in total. The molecule has 1 saturated heterocycles. The summed E-state index contributed by atoms with van der Waals surface area (Å²) in [4.78, 5) is 13.7. The second kappa shape index (κ2) is 4.02. The largest absolute Gasteiger partial charge is 0.367 e. The van der Waals surface area contributed by atoms with Gasteiger partial charge in [-0.25, -0.2) is 0 Å². The lowest BCUT2D eigenvalue weighted by Crippen LogP contribution is -2.32. The van der Waals surface area contributed by atoms with Gasteiger partial charge in [0.05, 0.1) is 10.7 Å². The normalized spacial score (nSPS) is 26.6. The van der Waals surface area contributed by atoms with Crippen LogP contribution in [0.25, 0.3) is 0 Å². The zero-order valence-corrected chi connectivity index (χ0v) is 10.7. The second-order valence-corrected chi connectivity index (χ2v) is 5.61. The number of benzene rings is 1. The minimum atomic E-state index is 0.0707. The van der Waals surface area contributed by atoms with Crippen molar-refractivity contribution in [1.29, 1.82) is 0 Å². The lowest BCUT2D eigenvalue weighted by atomic mass is 10.1. The number of nitrogens with zero attached hydrogens (tertiary/aromatic N) is 1. The van der Waals surface area contributed by atoms with Gasteiger partial charge in [0.1, 0.15) is 0 Å². The Balaban J connectivity index is 1.91. The van der Waals surface area contributed by atoms with E-state index in [0.29, 0.717) is 16.6 Å². The van der Waals surface area contributed by atoms with E-state index in [1.165, 1.54) is 19.3 Å². The van der Waals surface area contributed by atoms with Gasteiger partial charge < -0.3 is 4.90 Å². The summed E-state index contributed by atoms with van der Waals surface area (Å²) >= 11 is 6.30. The third-order valence-electron chi connectivity index (χ3n) is 4.07. The van der Waals surface area contributed by atoms with Crippen molar-refractivity contribution in [3.63, 3.8) is 0 Å². The zero-order chi connectivity index (χ0) is 12.0. The summed E-state index contributed by atoms with van der Waals surface area (Å²) in [6, 6.07) is 6.35. The van der Waals surface area contributed by atoms with Gasteiger partial charge in [-0.3, -0.25) is 4.79 Å². The molecule has 1 aliphatic carbocycles. The summed E-state index contributed by atoms with van der Waals surface area (Å²) in [5, 5.41) is 0.713. The Morgan fingerprint density at radius 2 is 2.24 bits per heavy atom. The fraction of sp³-hybridized carbons (Fsp3) is 0.500. The molecule has 1 saturated carbocycles. The summed E-state index contributed by atoms with van der Waals surface area (Å²) < 4.78 is 0. The predicted molar refractivity (Wildman–Crippen MR) is 69.9 cm³/mol. The van der Waals surface area contributed by atoms with Crippen molar-refractivity contribution in [2.45, 2.75) is 32.2 Å². The van der Waals surface area contributed by atoms with Crippen LogP contribution in [0, 0.1) is 5.92 Å². The Bertz CT molecular complexity index is 471. The maximum Gasteiger partial charge on any atom is 0.159 e. The zero-order valence-electron chi connectivity index (χ0n) is 9.95. The maximum absolute atomic E-state index is 11.3. The molecular formula is C14H16ClNO. The van der Waals surface area contributed by atoms with Crippen molar-refractivity contribution in [2.24, 2.45) is 5.92 Å². The van der Waals surface area contributed by atoms with Crippen LogP contribution in [0.3, 0.4) is 0 Å². The van der Waals surface area contributed by atoms with Crippen LogP contribution >= 0.6 is 11.6 Å². The quantitative estimate of drug-likeness (QED) is 0.748. The first-order valence-corrected chi connectivity index (χ1v) is 6.60. The molecule has 0 amide bonds. The van der Waals surface area contributed by atoms with Crippen molar-refractivity contribution in [3.8, 4) is 0 Å². The van der Waals surface area contributed by atoms with Crippen LogP contribution in [0.4, 0.5) is 5.69 Å². The molecule has 1 heterocycles. The number of Topliss-reactive ketones (excluding diaryl/α,β-unsaturated/α-hetero) is 1. The Morgan fingerprint density at radius 3 is 2.76 bits per heavy atom. The summed E-state index contributed by atoms with van der Waals surface area (Å²) in [6.45, 7) is 2.70. The van der Waals surface area contributed by atoms with E-state index in [4.69, 9.17) is 11.6 Å². The molecule has 0 radical (unpaired) electrons. The minimum absolute atomic E-state index is 0.0707. The lowest BCUT2D eigenvalue weighted by molar-refractivity contribution is 0.101. The Labute approximate surface area is 107 Å². The van der Waals surface area contributed by atoms with E-state index >= 15 is 0 Å². The number of anilines is 1. The van der Waals surface area contributed by atoms with Gasteiger partial charge in [-0.05, 0) is 50.3 Å². The lowest BCUT2D eigenvalue weighted by Gasteiger charge is -2.30. The van der Waals surface area contributed by atoms with Gasteiger partial charge in [-0.2, -0.15) is 0 Å². The topological polar surface area (TPSA) is 20.3 Å². The summed E-state index contributed by atoms with van der Waals surface area (Å²) in [6.07, 6.45) is 3.96. The summed E-state index contributed by atoms with van der Waals surface area (Å²) in [7, 11) is 0. The molecule has 17 heavy (non-hydrogen) atoms. The SMILES string of the molecule is CC(=O)c1ccc(N2CC3CCC2C3)c(Cl)c1. The van der Waals surface area contributed by atoms with E-state index in [2.05, 4.69) is 4.90 Å². The molecule has 2 unspecified atom stereocenters. The molecule has 2 bridgehead atoms. The molecule has 3 heteroatoms. The fourth-order valence-electron chi connectivity index (χ4n) is 3.18. The minimum Gasteiger partial charge on any atom is -0.367 e. The van der Waals surface area contributed by atoms with E-state index in [1.807, 2.05) is 12.1 Å². The van der Waals surface area contributed by atoms with Crippen LogP contribution in [0.5, 0.6) is 0 Å². The molecule has 0 spiro atoms. The van der Waals surface area contributed by atoms with E-state index in [9.17, 15) is 4.79 Å². The third-order valence-corrected chi connectivity index (χ3v) is 4.38. The number of carbonyl (C=O) groups is 1. The number of halogens is 1. The molecule has 2 atom stereocenters. The van der Waals surface area contributed by atoms with Gasteiger partial charge >= 0.3 is 0 Å². The first-order valence-electron chi connectivity index (χ1n) is 6.22. The summed E-state index contributed by atoms with van der Waals surface area (Å²) in [5.74, 6) is 0.921. The van der Waals surface area contributed by atoms with Gasteiger partial charge in [0.15, 0.2) is 5.78 Å². The molecule has 2 nitrogen and oxygen atoms in total. The van der Waals surface area contributed by atoms with Crippen LogP contribution in [-0.2, 0) is 0 Å². The standard InChI is InChI=1S/C14H16ClNO/c1-9(17)11-3-5-14(13(15)7-11)16-8-10-2-4-12(16)6-10/h3,5,7,10,12H,2,4,6,8H2,1H3. The maximum atomic E-state index is 11.3. The van der Waals surface area contributed by atoms with Crippen LogP contribution in [0.15, 0.2) is 18.2 Å². The van der Waals surface area contributed by atoms with E-state index in [1.54, 1.807) is 13.0 Å². The molecule has 3 rings (SSSR count). The van der Waals surface area contributed by atoms with Gasteiger partial charge in [-0.1, -0.05) is 11.6 Å². The number of rotatable bonds is 2. The van der Waals surface area contributed by atoms with Crippen molar-refractivity contribution >= 4 is 23.1 Å². The molecule has 1 aliphatic heterocycles. The van der Waals surface area contributed by atoms with E-state index in [-0.39, 0.29) is 5.78 Å². The van der Waals surface area contributed by atoms with Crippen LogP contribution < -0.4 is 4.90 Å². The highest BCUT2D eigenvalue weighted by atomic mass is 35.5. The predicted octanol–water partition coefficient (Wildman–Crippen LogP) is 3.53. The highest BCUT2D eigenvalue weighted by Crippen LogP contribution is 2.42. The summed E-state index contributed by atoms with van der Waals surface area (Å²) in [5.41, 5.74) is 1.80.